The normalized spacial score (nSPS) is 12.8. The molecule has 0 aliphatic carbocycles. The van der Waals surface area contributed by atoms with Crippen molar-refractivity contribution < 1.29 is 31.5 Å². The van der Waals surface area contributed by atoms with Gasteiger partial charge in [-0.25, -0.2) is 17.9 Å². The Morgan fingerprint density at radius 3 is 2.59 bits per heavy atom. The molecule has 1 aromatic heterocycles. The van der Waals surface area contributed by atoms with Gasteiger partial charge in [0.05, 0.1) is 12.1 Å². The third kappa shape index (κ3) is 6.30. The number of aromatic carboxylic acids is 1. The minimum atomic E-state index is -4.29. The molecule has 0 atom stereocenters. The molecule has 11 heteroatoms. The van der Waals surface area contributed by atoms with E-state index in [4.69, 9.17) is 5.11 Å². The molecule has 1 heterocycles. The summed E-state index contributed by atoms with van der Waals surface area (Å²) in [5.41, 5.74) is -0.129. The van der Waals surface area contributed by atoms with Crippen LogP contribution in [0.2, 0.25) is 0 Å². The van der Waals surface area contributed by atoms with Crippen molar-refractivity contribution in [3.8, 4) is 0 Å². The zero-order valence-corrected chi connectivity index (χ0v) is 13.2. The lowest BCUT2D eigenvalue weighted by Gasteiger charge is -2.18. The lowest BCUT2D eigenvalue weighted by molar-refractivity contribution is -0.143. The number of nitrogens with zero attached hydrogens (tertiary/aromatic N) is 1. The SMILES string of the molecule is CN(CCCNS(=O)(=O)c1cc(C(=O)O)cs1)CC(F)(F)F. The zero-order valence-electron chi connectivity index (χ0n) is 11.6. The van der Waals surface area contributed by atoms with Crippen LogP contribution >= 0.6 is 11.3 Å². The van der Waals surface area contributed by atoms with E-state index < -0.39 is 28.7 Å². The van der Waals surface area contributed by atoms with Gasteiger partial charge >= 0.3 is 12.1 Å². The fourth-order valence-corrected chi connectivity index (χ4v) is 3.85. The van der Waals surface area contributed by atoms with Crippen molar-refractivity contribution in [2.75, 3.05) is 26.7 Å². The first-order chi connectivity index (χ1) is 10.0. The molecular formula is C11H15F3N2O4S2. The van der Waals surface area contributed by atoms with Gasteiger partial charge in [0.25, 0.3) is 0 Å². The quantitative estimate of drug-likeness (QED) is 0.688. The minimum absolute atomic E-state index is 0.0369. The largest absolute Gasteiger partial charge is 0.478 e. The Balaban J connectivity index is 2.44. The molecule has 0 aliphatic rings. The van der Waals surface area contributed by atoms with Crippen LogP contribution in [-0.2, 0) is 10.0 Å². The highest BCUT2D eigenvalue weighted by molar-refractivity contribution is 7.91. The number of halogens is 3. The standard InChI is InChI=1S/C11H15F3N2O4S2/c1-16(7-11(12,13)14)4-2-3-15-22(19,20)9-5-8(6-21-9)10(17)18/h5-6,15H,2-4,7H2,1H3,(H,17,18). The van der Waals surface area contributed by atoms with E-state index in [2.05, 4.69) is 4.72 Å². The summed E-state index contributed by atoms with van der Waals surface area (Å²) in [5.74, 6) is -1.23. The van der Waals surface area contributed by atoms with Gasteiger partial charge in [0.2, 0.25) is 10.0 Å². The van der Waals surface area contributed by atoms with Crippen molar-refractivity contribution in [3.63, 3.8) is 0 Å². The summed E-state index contributed by atoms with van der Waals surface area (Å²) in [6, 6.07) is 1.03. The highest BCUT2D eigenvalue weighted by atomic mass is 32.2. The van der Waals surface area contributed by atoms with Gasteiger partial charge in [-0.05, 0) is 26.1 Å². The monoisotopic (exact) mass is 360 g/mol. The van der Waals surface area contributed by atoms with Crippen LogP contribution in [0.4, 0.5) is 13.2 Å². The molecule has 2 N–H and O–H groups in total. The second-order valence-corrected chi connectivity index (χ2v) is 7.47. The van der Waals surface area contributed by atoms with Crippen LogP contribution in [0.1, 0.15) is 16.8 Å². The highest BCUT2D eigenvalue weighted by Gasteiger charge is 2.28. The maximum absolute atomic E-state index is 12.1. The van der Waals surface area contributed by atoms with Crippen LogP contribution in [0.25, 0.3) is 0 Å². The molecule has 0 aliphatic heterocycles. The van der Waals surface area contributed by atoms with Gasteiger partial charge in [-0.1, -0.05) is 0 Å². The van der Waals surface area contributed by atoms with E-state index in [-0.39, 0.29) is 29.3 Å². The van der Waals surface area contributed by atoms with Gasteiger partial charge < -0.3 is 5.11 Å². The van der Waals surface area contributed by atoms with Crippen molar-refractivity contribution in [2.45, 2.75) is 16.8 Å². The summed E-state index contributed by atoms with van der Waals surface area (Å²) >= 11 is 0.767. The first-order valence-corrected chi connectivity index (χ1v) is 8.44. The summed E-state index contributed by atoms with van der Waals surface area (Å²) in [4.78, 5) is 11.7. The molecule has 0 saturated heterocycles. The van der Waals surface area contributed by atoms with Crippen molar-refractivity contribution in [1.29, 1.82) is 0 Å². The number of sulfonamides is 1. The Kier molecular flexibility index (Phi) is 6.35. The summed E-state index contributed by atoms with van der Waals surface area (Å²) in [7, 11) is -2.55. The fraction of sp³-hybridized carbons (Fsp3) is 0.545. The molecular weight excluding hydrogens is 345 g/mol. The molecule has 0 amide bonds. The van der Waals surface area contributed by atoms with Crippen LogP contribution in [-0.4, -0.2) is 57.3 Å². The van der Waals surface area contributed by atoms with Crippen molar-refractivity contribution >= 4 is 27.3 Å². The van der Waals surface area contributed by atoms with Gasteiger partial charge in [0.15, 0.2) is 0 Å². The van der Waals surface area contributed by atoms with Crippen LogP contribution in [0.15, 0.2) is 15.7 Å². The first-order valence-electron chi connectivity index (χ1n) is 6.08. The maximum Gasteiger partial charge on any atom is 0.401 e. The van der Waals surface area contributed by atoms with E-state index in [9.17, 15) is 26.4 Å². The first kappa shape index (κ1) is 18.9. The number of alkyl halides is 3. The number of hydrogen-bond donors (Lipinski definition) is 2. The zero-order chi connectivity index (χ0) is 17.0. The van der Waals surface area contributed by atoms with E-state index >= 15 is 0 Å². The Morgan fingerprint density at radius 1 is 1.45 bits per heavy atom. The van der Waals surface area contributed by atoms with Gasteiger partial charge in [-0.3, -0.25) is 4.90 Å². The minimum Gasteiger partial charge on any atom is -0.478 e. The number of rotatable bonds is 8. The molecule has 0 spiro atoms. The smallest absolute Gasteiger partial charge is 0.401 e. The van der Waals surface area contributed by atoms with Crippen LogP contribution in [0.5, 0.6) is 0 Å². The second-order valence-electron chi connectivity index (χ2n) is 4.56. The number of carbonyl (C=O) groups is 1. The fourth-order valence-electron chi connectivity index (χ4n) is 1.58. The van der Waals surface area contributed by atoms with Gasteiger partial charge in [0.1, 0.15) is 4.21 Å². The molecule has 22 heavy (non-hydrogen) atoms. The molecule has 126 valence electrons. The highest BCUT2D eigenvalue weighted by Crippen LogP contribution is 2.20. The van der Waals surface area contributed by atoms with E-state index in [1.54, 1.807) is 0 Å². The molecule has 0 unspecified atom stereocenters. The van der Waals surface area contributed by atoms with Crippen LogP contribution in [0.3, 0.4) is 0 Å². The van der Waals surface area contributed by atoms with E-state index in [1.807, 2.05) is 0 Å². The third-order valence-corrected chi connectivity index (χ3v) is 5.45. The van der Waals surface area contributed by atoms with Crippen molar-refractivity contribution in [3.05, 3.63) is 17.0 Å². The second kappa shape index (κ2) is 7.40. The number of carboxylic acids is 1. The van der Waals surface area contributed by atoms with Gasteiger partial charge in [-0.15, -0.1) is 11.3 Å². The molecule has 6 nitrogen and oxygen atoms in total. The Bertz CT molecular complexity index is 613. The molecule has 0 bridgehead atoms. The summed E-state index contributed by atoms with van der Waals surface area (Å²) < 4.78 is 62.1. The number of thiophene rings is 1. The topological polar surface area (TPSA) is 86.7 Å². The maximum atomic E-state index is 12.1. The Labute approximate surface area is 129 Å². The summed E-state index contributed by atoms with van der Waals surface area (Å²) in [6.07, 6.45) is -4.10. The number of carboxylic acid groups (broad SMARTS) is 1. The van der Waals surface area contributed by atoms with Gasteiger partial charge in [-0.2, -0.15) is 13.2 Å². The van der Waals surface area contributed by atoms with Crippen molar-refractivity contribution in [2.24, 2.45) is 0 Å². The number of hydrogen-bond acceptors (Lipinski definition) is 5. The van der Waals surface area contributed by atoms with Crippen molar-refractivity contribution in [1.82, 2.24) is 9.62 Å². The van der Waals surface area contributed by atoms with Gasteiger partial charge in [0, 0.05) is 11.9 Å². The van der Waals surface area contributed by atoms with E-state index in [1.165, 1.54) is 12.4 Å². The molecule has 0 radical (unpaired) electrons. The molecule has 0 fully saturated rings. The Hall–Kier alpha value is -1.17. The number of nitrogens with one attached hydrogen (secondary N) is 1. The molecule has 1 rings (SSSR count). The lowest BCUT2D eigenvalue weighted by atomic mass is 10.4. The Morgan fingerprint density at radius 2 is 2.09 bits per heavy atom. The van der Waals surface area contributed by atoms with E-state index in [0.29, 0.717) is 0 Å². The predicted molar refractivity (Wildman–Crippen MR) is 74.6 cm³/mol. The van der Waals surface area contributed by atoms with E-state index in [0.717, 1.165) is 22.3 Å². The van der Waals surface area contributed by atoms with Crippen LogP contribution < -0.4 is 4.72 Å². The predicted octanol–water partition coefficient (Wildman–Crippen LogP) is 1.61. The summed E-state index contributed by atoms with van der Waals surface area (Å²) in [5, 5.41) is 9.93. The molecule has 0 saturated carbocycles. The third-order valence-electron chi connectivity index (χ3n) is 2.55. The molecule has 1 aromatic rings. The van der Waals surface area contributed by atoms with Crippen LogP contribution in [0, 0.1) is 0 Å². The lowest BCUT2D eigenvalue weighted by Crippen LogP contribution is -2.33. The molecule has 0 aromatic carbocycles. The average Bonchev–Trinajstić information content (AvgIpc) is 2.83. The average molecular weight is 360 g/mol. The summed E-state index contributed by atoms with van der Waals surface area (Å²) in [6.45, 7) is -1.02.